The van der Waals surface area contributed by atoms with Crippen LogP contribution in [0.2, 0.25) is 0 Å². The highest BCUT2D eigenvalue weighted by atomic mass is 16.3. The molecule has 1 unspecified atom stereocenters. The predicted octanol–water partition coefficient (Wildman–Crippen LogP) is 1.06. The summed E-state index contributed by atoms with van der Waals surface area (Å²) in [5.74, 6) is 0. The minimum Gasteiger partial charge on any atom is -0.394 e. The molecule has 1 aromatic rings. The van der Waals surface area contributed by atoms with Gasteiger partial charge in [0, 0.05) is 19.3 Å². The Balaban J connectivity index is 2.94. The third-order valence-corrected chi connectivity index (χ3v) is 2.76. The lowest BCUT2D eigenvalue weighted by Crippen LogP contribution is -2.41. The molecule has 0 heterocycles. The minimum atomic E-state index is -0.00796. The third-order valence-electron chi connectivity index (χ3n) is 2.76. The smallest absolute Gasteiger partial charge is 0.0647 e. The molecular formula is C12H20N2O. The number of nitrogens with zero attached hydrogens (tertiary/aromatic N) is 1. The van der Waals surface area contributed by atoms with Gasteiger partial charge in [-0.2, -0.15) is 0 Å². The quantitative estimate of drug-likeness (QED) is 0.778. The maximum Gasteiger partial charge on any atom is 0.0647 e. The molecule has 1 rings (SSSR count). The largest absolute Gasteiger partial charge is 0.394 e. The summed E-state index contributed by atoms with van der Waals surface area (Å²) in [4.78, 5) is 2.04. The molecule has 0 saturated heterocycles. The van der Waals surface area contributed by atoms with Crippen molar-refractivity contribution in [3.63, 3.8) is 0 Å². The van der Waals surface area contributed by atoms with E-state index < -0.39 is 0 Å². The van der Waals surface area contributed by atoms with Crippen LogP contribution in [0.15, 0.2) is 18.2 Å². The van der Waals surface area contributed by atoms with Crippen molar-refractivity contribution in [2.45, 2.75) is 19.9 Å². The Morgan fingerprint density at radius 1 is 1.40 bits per heavy atom. The molecule has 0 aromatic heterocycles. The first kappa shape index (κ1) is 12.0. The van der Waals surface area contributed by atoms with Crippen LogP contribution in [-0.4, -0.2) is 31.3 Å². The molecular weight excluding hydrogens is 188 g/mol. The highest BCUT2D eigenvalue weighted by Gasteiger charge is 2.13. The van der Waals surface area contributed by atoms with Crippen LogP contribution in [0.5, 0.6) is 0 Å². The SMILES string of the molecule is Cc1ccc(N(C)C(CN)CO)c(C)c1. The van der Waals surface area contributed by atoms with Gasteiger partial charge in [0.25, 0.3) is 0 Å². The van der Waals surface area contributed by atoms with E-state index in [1.807, 2.05) is 11.9 Å². The van der Waals surface area contributed by atoms with E-state index in [0.717, 1.165) is 5.69 Å². The predicted molar refractivity (Wildman–Crippen MR) is 64.2 cm³/mol. The lowest BCUT2D eigenvalue weighted by molar-refractivity contribution is 0.265. The van der Waals surface area contributed by atoms with Crippen molar-refractivity contribution >= 4 is 5.69 Å². The number of anilines is 1. The number of aryl methyl sites for hydroxylation is 2. The van der Waals surface area contributed by atoms with E-state index in [4.69, 9.17) is 5.73 Å². The highest BCUT2D eigenvalue weighted by Crippen LogP contribution is 2.21. The summed E-state index contributed by atoms with van der Waals surface area (Å²) < 4.78 is 0. The second-order valence-corrected chi connectivity index (χ2v) is 3.97. The standard InChI is InChI=1S/C12H20N2O/c1-9-4-5-12(10(2)6-9)14(3)11(7-13)8-15/h4-6,11,15H,7-8,13H2,1-3H3. The maximum absolute atomic E-state index is 9.18. The van der Waals surface area contributed by atoms with E-state index in [1.54, 1.807) is 0 Å². The van der Waals surface area contributed by atoms with Gasteiger partial charge in [0.2, 0.25) is 0 Å². The molecule has 0 saturated carbocycles. The monoisotopic (exact) mass is 208 g/mol. The zero-order valence-electron chi connectivity index (χ0n) is 9.70. The molecule has 3 nitrogen and oxygen atoms in total. The number of benzene rings is 1. The topological polar surface area (TPSA) is 49.5 Å². The van der Waals surface area contributed by atoms with E-state index >= 15 is 0 Å². The molecule has 0 aliphatic rings. The second-order valence-electron chi connectivity index (χ2n) is 3.97. The van der Waals surface area contributed by atoms with Gasteiger partial charge in [0.05, 0.1) is 12.6 Å². The Bertz CT molecular complexity index is 321. The van der Waals surface area contributed by atoms with Crippen LogP contribution in [0.4, 0.5) is 5.69 Å². The fraction of sp³-hybridized carbons (Fsp3) is 0.500. The zero-order chi connectivity index (χ0) is 11.4. The van der Waals surface area contributed by atoms with Gasteiger partial charge in [-0.1, -0.05) is 17.7 Å². The van der Waals surface area contributed by atoms with Gasteiger partial charge in [-0.15, -0.1) is 0 Å². The van der Waals surface area contributed by atoms with Gasteiger partial charge in [-0.3, -0.25) is 0 Å². The maximum atomic E-state index is 9.18. The lowest BCUT2D eigenvalue weighted by atomic mass is 10.1. The molecule has 1 aromatic carbocycles. The third kappa shape index (κ3) is 2.70. The Hall–Kier alpha value is -1.06. The highest BCUT2D eigenvalue weighted by molar-refractivity contribution is 5.54. The number of rotatable bonds is 4. The van der Waals surface area contributed by atoms with Gasteiger partial charge >= 0.3 is 0 Å². The summed E-state index contributed by atoms with van der Waals surface area (Å²) in [7, 11) is 1.96. The summed E-state index contributed by atoms with van der Waals surface area (Å²) in [5, 5.41) is 9.18. The fourth-order valence-corrected chi connectivity index (χ4v) is 1.75. The molecule has 15 heavy (non-hydrogen) atoms. The van der Waals surface area contributed by atoms with Crippen LogP contribution in [0.3, 0.4) is 0 Å². The number of nitrogens with two attached hydrogens (primary N) is 1. The molecule has 3 heteroatoms. The van der Waals surface area contributed by atoms with Crippen molar-refractivity contribution in [3.8, 4) is 0 Å². The van der Waals surface area contributed by atoms with Crippen LogP contribution >= 0.6 is 0 Å². The first-order valence-electron chi connectivity index (χ1n) is 5.21. The first-order chi connectivity index (χ1) is 7.10. The minimum absolute atomic E-state index is 0.00796. The molecule has 84 valence electrons. The Morgan fingerprint density at radius 2 is 2.07 bits per heavy atom. The Kier molecular flexibility index (Phi) is 4.12. The van der Waals surface area contributed by atoms with Crippen molar-refractivity contribution in [1.82, 2.24) is 0 Å². The summed E-state index contributed by atoms with van der Waals surface area (Å²) >= 11 is 0. The molecule has 3 N–H and O–H groups in total. The number of aliphatic hydroxyl groups excluding tert-OH is 1. The van der Waals surface area contributed by atoms with Gasteiger partial charge < -0.3 is 15.7 Å². The van der Waals surface area contributed by atoms with Crippen molar-refractivity contribution in [3.05, 3.63) is 29.3 Å². The average Bonchev–Trinajstić information content (AvgIpc) is 2.19. The molecule has 0 radical (unpaired) electrons. The van der Waals surface area contributed by atoms with Gasteiger partial charge in [-0.05, 0) is 25.5 Å². The normalized spacial score (nSPS) is 12.6. The molecule has 0 aliphatic carbocycles. The number of aliphatic hydroxyl groups is 1. The molecule has 0 fully saturated rings. The number of hydrogen-bond acceptors (Lipinski definition) is 3. The number of hydrogen-bond donors (Lipinski definition) is 2. The van der Waals surface area contributed by atoms with Crippen LogP contribution in [0.25, 0.3) is 0 Å². The molecule has 1 atom stereocenters. The second kappa shape index (κ2) is 5.14. The van der Waals surface area contributed by atoms with Crippen molar-refractivity contribution in [2.24, 2.45) is 5.73 Å². The molecule has 0 bridgehead atoms. The summed E-state index contributed by atoms with van der Waals surface area (Å²) in [6.07, 6.45) is 0. The van der Waals surface area contributed by atoms with Crippen molar-refractivity contribution in [1.29, 1.82) is 0 Å². The number of likely N-dealkylation sites (N-methyl/N-ethyl adjacent to an activating group) is 1. The summed E-state index contributed by atoms with van der Waals surface area (Å²) in [5.41, 5.74) is 9.19. The van der Waals surface area contributed by atoms with E-state index in [-0.39, 0.29) is 12.6 Å². The van der Waals surface area contributed by atoms with E-state index in [0.29, 0.717) is 6.54 Å². The van der Waals surface area contributed by atoms with E-state index in [1.165, 1.54) is 11.1 Å². The van der Waals surface area contributed by atoms with Gasteiger partial charge in [0.1, 0.15) is 0 Å². The Labute approximate surface area is 91.5 Å². The lowest BCUT2D eigenvalue weighted by Gasteiger charge is -2.29. The molecule has 0 amide bonds. The summed E-state index contributed by atoms with van der Waals surface area (Å²) in [6, 6.07) is 6.27. The first-order valence-corrected chi connectivity index (χ1v) is 5.21. The summed E-state index contributed by atoms with van der Waals surface area (Å²) in [6.45, 7) is 4.69. The van der Waals surface area contributed by atoms with Crippen molar-refractivity contribution < 1.29 is 5.11 Å². The van der Waals surface area contributed by atoms with Crippen LogP contribution in [-0.2, 0) is 0 Å². The van der Waals surface area contributed by atoms with Gasteiger partial charge in [0.15, 0.2) is 0 Å². The van der Waals surface area contributed by atoms with E-state index in [2.05, 4.69) is 32.0 Å². The molecule has 0 aliphatic heterocycles. The van der Waals surface area contributed by atoms with Gasteiger partial charge in [-0.25, -0.2) is 0 Å². The molecule has 0 spiro atoms. The fourth-order valence-electron chi connectivity index (χ4n) is 1.75. The Morgan fingerprint density at radius 3 is 2.53 bits per heavy atom. The zero-order valence-corrected chi connectivity index (χ0v) is 9.70. The van der Waals surface area contributed by atoms with Crippen LogP contribution in [0.1, 0.15) is 11.1 Å². The van der Waals surface area contributed by atoms with Crippen LogP contribution in [0, 0.1) is 13.8 Å². The average molecular weight is 208 g/mol. The van der Waals surface area contributed by atoms with E-state index in [9.17, 15) is 5.11 Å². The van der Waals surface area contributed by atoms with Crippen molar-refractivity contribution in [2.75, 3.05) is 25.1 Å². The van der Waals surface area contributed by atoms with Crippen LogP contribution < -0.4 is 10.6 Å².